The topological polar surface area (TPSA) is 97.4 Å². The van der Waals surface area contributed by atoms with Gasteiger partial charge in [-0.25, -0.2) is 0 Å². The van der Waals surface area contributed by atoms with Crippen LogP contribution in [0.15, 0.2) is 23.0 Å². The average Bonchev–Trinajstić information content (AvgIpc) is 2.81. The highest BCUT2D eigenvalue weighted by Crippen LogP contribution is 2.02. The second-order valence-corrected chi connectivity index (χ2v) is 4.78. The van der Waals surface area contributed by atoms with Gasteiger partial charge in [-0.2, -0.15) is 0 Å². The Bertz CT molecular complexity index is 418. The Morgan fingerprint density at radius 1 is 1.47 bits per heavy atom. The van der Waals surface area contributed by atoms with Crippen LogP contribution in [-0.2, 0) is 4.79 Å². The fourth-order valence-electron chi connectivity index (χ4n) is 1.23. The number of rotatable bonds is 5. The van der Waals surface area contributed by atoms with Gasteiger partial charge < -0.3 is 20.8 Å². The van der Waals surface area contributed by atoms with Gasteiger partial charge in [0.05, 0.1) is 11.8 Å². The van der Waals surface area contributed by atoms with Crippen molar-refractivity contribution < 1.29 is 14.0 Å². The molecule has 0 aliphatic heterocycles. The van der Waals surface area contributed by atoms with Gasteiger partial charge in [-0.3, -0.25) is 9.59 Å². The predicted molar refractivity (Wildman–Crippen MR) is 74.2 cm³/mol. The fourth-order valence-corrected chi connectivity index (χ4v) is 1.23. The van der Waals surface area contributed by atoms with Crippen molar-refractivity contribution in [1.82, 2.24) is 10.6 Å². The van der Waals surface area contributed by atoms with E-state index >= 15 is 0 Å². The third-order valence-electron chi connectivity index (χ3n) is 2.50. The first-order valence-corrected chi connectivity index (χ1v) is 5.71. The highest BCUT2D eigenvalue weighted by Gasteiger charge is 2.23. The molecule has 0 bridgehead atoms. The molecular weight excluding hydrogens is 270 g/mol. The third kappa shape index (κ3) is 5.32. The first-order valence-electron chi connectivity index (χ1n) is 5.71. The number of carbonyl (C=O) groups is 2. The maximum Gasteiger partial charge on any atom is 0.255 e. The normalized spacial score (nSPS) is 12.2. The molecule has 7 heteroatoms. The summed E-state index contributed by atoms with van der Waals surface area (Å²) in [6.07, 6.45) is 2.72. The molecule has 6 nitrogen and oxygen atoms in total. The van der Waals surface area contributed by atoms with Crippen LogP contribution in [0.2, 0.25) is 0 Å². The van der Waals surface area contributed by atoms with Crippen molar-refractivity contribution in [1.29, 1.82) is 0 Å². The van der Waals surface area contributed by atoms with Crippen molar-refractivity contribution in [2.24, 2.45) is 5.73 Å². The molecule has 0 fully saturated rings. The predicted octanol–water partition coefficient (Wildman–Crippen LogP) is 0.673. The van der Waals surface area contributed by atoms with E-state index < -0.39 is 11.6 Å². The minimum absolute atomic E-state index is 0. The third-order valence-corrected chi connectivity index (χ3v) is 2.50. The molecule has 1 aromatic rings. The molecule has 0 aliphatic rings. The van der Waals surface area contributed by atoms with E-state index in [1.54, 1.807) is 6.92 Å². The lowest BCUT2D eigenvalue weighted by molar-refractivity contribution is -0.124. The van der Waals surface area contributed by atoms with E-state index in [4.69, 9.17) is 10.2 Å². The maximum absolute atomic E-state index is 11.8. The molecule has 1 unspecified atom stereocenters. The van der Waals surface area contributed by atoms with Crippen molar-refractivity contribution in [3.8, 4) is 0 Å². The molecule has 108 valence electrons. The molecule has 0 aliphatic carbocycles. The van der Waals surface area contributed by atoms with Gasteiger partial charge in [0.2, 0.25) is 5.91 Å². The van der Waals surface area contributed by atoms with Crippen molar-refractivity contribution >= 4 is 24.2 Å². The van der Waals surface area contributed by atoms with Gasteiger partial charge >= 0.3 is 0 Å². The molecule has 19 heavy (non-hydrogen) atoms. The number of halogens is 1. The van der Waals surface area contributed by atoms with Crippen LogP contribution in [0.5, 0.6) is 0 Å². The largest absolute Gasteiger partial charge is 0.472 e. The number of carbonyl (C=O) groups excluding carboxylic acids is 2. The molecule has 0 saturated carbocycles. The van der Waals surface area contributed by atoms with Crippen LogP contribution in [0.1, 0.15) is 31.1 Å². The minimum Gasteiger partial charge on any atom is -0.472 e. The van der Waals surface area contributed by atoms with Crippen LogP contribution < -0.4 is 16.4 Å². The van der Waals surface area contributed by atoms with E-state index in [0.29, 0.717) is 12.1 Å². The van der Waals surface area contributed by atoms with Crippen LogP contribution in [0.3, 0.4) is 0 Å². The Labute approximate surface area is 118 Å². The van der Waals surface area contributed by atoms with E-state index in [9.17, 15) is 9.59 Å². The zero-order valence-electron chi connectivity index (χ0n) is 11.2. The number of furan rings is 1. The van der Waals surface area contributed by atoms with Gasteiger partial charge in [0.25, 0.3) is 5.91 Å². The molecule has 2 amide bonds. The summed E-state index contributed by atoms with van der Waals surface area (Å²) in [6, 6.07) is 0.891. The van der Waals surface area contributed by atoms with Crippen LogP contribution >= 0.6 is 12.4 Å². The van der Waals surface area contributed by atoms with Crippen LogP contribution in [0.4, 0.5) is 0 Å². The number of amides is 2. The summed E-state index contributed by atoms with van der Waals surface area (Å²) in [7, 11) is 0. The zero-order chi connectivity index (χ0) is 13.8. The number of nitrogens with two attached hydrogens (primary N) is 1. The Morgan fingerprint density at radius 3 is 2.58 bits per heavy atom. The lowest BCUT2D eigenvalue weighted by atomic mass is 10.1. The highest BCUT2D eigenvalue weighted by atomic mass is 35.5. The molecule has 0 spiro atoms. The zero-order valence-corrected chi connectivity index (χ0v) is 12.0. The smallest absolute Gasteiger partial charge is 0.255 e. The van der Waals surface area contributed by atoms with E-state index in [2.05, 4.69) is 10.6 Å². The molecule has 1 atom stereocenters. The minimum atomic E-state index is -0.641. The Hall–Kier alpha value is -1.53. The highest BCUT2D eigenvalue weighted by molar-refractivity contribution is 5.97. The SMILES string of the molecule is CC(NC(=O)c1ccoc1)C(=O)NC(C)(C)CN.Cl. The number of nitrogens with one attached hydrogen (secondary N) is 2. The van der Waals surface area contributed by atoms with Crippen molar-refractivity contribution in [2.45, 2.75) is 32.4 Å². The first-order chi connectivity index (χ1) is 8.35. The van der Waals surface area contributed by atoms with Gasteiger partial charge in [-0.15, -0.1) is 12.4 Å². The molecule has 0 radical (unpaired) electrons. The quantitative estimate of drug-likeness (QED) is 0.742. The van der Waals surface area contributed by atoms with Gasteiger partial charge in [-0.1, -0.05) is 0 Å². The van der Waals surface area contributed by atoms with E-state index in [-0.39, 0.29) is 24.2 Å². The molecule has 1 heterocycles. The lowest BCUT2D eigenvalue weighted by Crippen LogP contribution is -2.54. The van der Waals surface area contributed by atoms with E-state index in [1.807, 2.05) is 13.8 Å². The molecule has 1 rings (SSSR count). The van der Waals surface area contributed by atoms with Crippen LogP contribution in [-0.4, -0.2) is 29.9 Å². The molecule has 0 saturated heterocycles. The average molecular weight is 290 g/mol. The summed E-state index contributed by atoms with van der Waals surface area (Å²) in [5, 5.41) is 5.33. The summed E-state index contributed by atoms with van der Waals surface area (Å²) in [6.45, 7) is 5.56. The Kier molecular flexibility index (Phi) is 6.58. The van der Waals surface area contributed by atoms with Crippen molar-refractivity contribution in [2.75, 3.05) is 6.54 Å². The van der Waals surface area contributed by atoms with Crippen molar-refractivity contribution in [3.63, 3.8) is 0 Å². The van der Waals surface area contributed by atoms with Gasteiger partial charge in [0, 0.05) is 12.1 Å². The van der Waals surface area contributed by atoms with Crippen LogP contribution in [0.25, 0.3) is 0 Å². The summed E-state index contributed by atoms with van der Waals surface area (Å²) in [4.78, 5) is 23.5. The van der Waals surface area contributed by atoms with Crippen molar-refractivity contribution in [3.05, 3.63) is 24.2 Å². The summed E-state index contributed by atoms with van der Waals surface area (Å²) < 4.78 is 4.80. The monoisotopic (exact) mass is 289 g/mol. The first kappa shape index (κ1) is 17.5. The Balaban J connectivity index is 0.00000324. The second kappa shape index (κ2) is 7.16. The molecule has 1 aromatic heterocycles. The summed E-state index contributed by atoms with van der Waals surface area (Å²) >= 11 is 0. The fraction of sp³-hybridized carbons (Fsp3) is 0.500. The summed E-state index contributed by atoms with van der Waals surface area (Å²) in [5.74, 6) is -0.626. The molecule has 0 aromatic carbocycles. The molecule has 4 N–H and O–H groups in total. The number of hydrogen-bond donors (Lipinski definition) is 3. The maximum atomic E-state index is 11.8. The lowest BCUT2D eigenvalue weighted by Gasteiger charge is -2.26. The van der Waals surface area contributed by atoms with Crippen LogP contribution in [0, 0.1) is 0 Å². The van der Waals surface area contributed by atoms with Gasteiger partial charge in [0.1, 0.15) is 12.3 Å². The number of hydrogen-bond acceptors (Lipinski definition) is 4. The molecular formula is C12H20ClN3O3. The van der Waals surface area contributed by atoms with E-state index in [0.717, 1.165) is 0 Å². The Morgan fingerprint density at radius 2 is 2.11 bits per heavy atom. The summed E-state index contributed by atoms with van der Waals surface area (Å²) in [5.41, 5.74) is 5.41. The second-order valence-electron chi connectivity index (χ2n) is 4.78. The van der Waals surface area contributed by atoms with E-state index in [1.165, 1.54) is 18.6 Å². The van der Waals surface area contributed by atoms with Gasteiger partial charge in [-0.05, 0) is 26.8 Å². The van der Waals surface area contributed by atoms with Gasteiger partial charge in [0.15, 0.2) is 0 Å². The standard InChI is InChI=1S/C12H19N3O3.ClH/c1-8(10(16)15-12(2,3)7-13)14-11(17)9-4-5-18-6-9;/h4-6,8H,7,13H2,1-3H3,(H,14,17)(H,15,16);1H.